The Kier molecular flexibility index (Phi) is 8.18. The van der Waals surface area contributed by atoms with Crippen LogP contribution >= 0.6 is 11.3 Å². The van der Waals surface area contributed by atoms with E-state index in [1.54, 1.807) is 37.4 Å². The molecule has 2 aromatic carbocycles. The van der Waals surface area contributed by atoms with Gasteiger partial charge in [-0.2, -0.15) is 0 Å². The predicted molar refractivity (Wildman–Crippen MR) is 129 cm³/mol. The number of hydrogen-bond acceptors (Lipinski definition) is 4. The highest BCUT2D eigenvalue weighted by atomic mass is 32.1. The molecule has 1 aromatic heterocycles. The van der Waals surface area contributed by atoms with Crippen molar-refractivity contribution in [3.63, 3.8) is 0 Å². The Morgan fingerprint density at radius 3 is 2.48 bits per heavy atom. The minimum absolute atomic E-state index is 0.0183. The first-order valence-corrected chi connectivity index (χ1v) is 11.2. The molecule has 0 aliphatic rings. The van der Waals surface area contributed by atoms with Crippen LogP contribution in [0.4, 0.5) is 0 Å². The molecule has 0 fully saturated rings. The molecule has 0 atom stereocenters. The highest BCUT2D eigenvalue weighted by molar-refractivity contribution is 7.13. The van der Waals surface area contributed by atoms with Gasteiger partial charge in [-0.05, 0) is 24.1 Å². The van der Waals surface area contributed by atoms with E-state index in [0.717, 1.165) is 53.7 Å². The largest absolute Gasteiger partial charge is 0.356 e. The van der Waals surface area contributed by atoms with Crippen molar-refractivity contribution in [3.8, 4) is 10.6 Å². The number of benzene rings is 2. The summed E-state index contributed by atoms with van der Waals surface area (Å²) in [5.74, 6) is 0.781. The summed E-state index contributed by atoms with van der Waals surface area (Å²) in [5.41, 5.74) is 4.06. The number of aliphatic imine (C=N–C) groups is 1. The Balaban J connectivity index is 1.43. The number of nitrogens with one attached hydrogen (secondary N) is 2. The van der Waals surface area contributed by atoms with Crippen LogP contribution in [0.3, 0.4) is 0 Å². The molecule has 0 saturated carbocycles. The summed E-state index contributed by atoms with van der Waals surface area (Å²) in [6, 6.07) is 18.0. The molecule has 0 aliphatic heterocycles. The molecular formula is C24H29N5OS. The van der Waals surface area contributed by atoms with Crippen LogP contribution in [0.25, 0.3) is 10.6 Å². The smallest absolute Gasteiger partial charge is 0.253 e. The lowest BCUT2D eigenvalue weighted by Crippen LogP contribution is -2.39. The monoisotopic (exact) mass is 435 g/mol. The SMILES string of the molecule is CN=C(NCCc1cccc(C(=O)N(C)C)c1)NCCc1csc(-c2ccccc2)n1. The maximum absolute atomic E-state index is 12.1. The zero-order valence-electron chi connectivity index (χ0n) is 18.3. The van der Waals surface area contributed by atoms with Crippen molar-refractivity contribution in [2.24, 2.45) is 4.99 Å². The second-order valence-electron chi connectivity index (χ2n) is 7.34. The fraction of sp³-hybridized carbons (Fsp3) is 0.292. The minimum atomic E-state index is 0.0183. The molecule has 6 nitrogen and oxygen atoms in total. The third-order valence-corrected chi connectivity index (χ3v) is 5.70. The fourth-order valence-electron chi connectivity index (χ4n) is 3.11. The average molecular weight is 436 g/mol. The summed E-state index contributed by atoms with van der Waals surface area (Å²) in [6.45, 7) is 1.48. The first kappa shape index (κ1) is 22.5. The summed E-state index contributed by atoms with van der Waals surface area (Å²) < 4.78 is 0. The van der Waals surface area contributed by atoms with E-state index < -0.39 is 0 Å². The van der Waals surface area contributed by atoms with Gasteiger partial charge >= 0.3 is 0 Å². The van der Waals surface area contributed by atoms with Gasteiger partial charge in [0.2, 0.25) is 0 Å². The second kappa shape index (κ2) is 11.3. The van der Waals surface area contributed by atoms with E-state index in [9.17, 15) is 4.79 Å². The van der Waals surface area contributed by atoms with E-state index in [-0.39, 0.29) is 5.91 Å². The highest BCUT2D eigenvalue weighted by Gasteiger charge is 2.08. The van der Waals surface area contributed by atoms with E-state index in [2.05, 4.69) is 33.1 Å². The van der Waals surface area contributed by atoms with Gasteiger partial charge in [0.25, 0.3) is 5.91 Å². The molecule has 2 N–H and O–H groups in total. The van der Waals surface area contributed by atoms with Crippen molar-refractivity contribution in [1.82, 2.24) is 20.5 Å². The molecule has 0 spiro atoms. The summed E-state index contributed by atoms with van der Waals surface area (Å²) in [6.07, 6.45) is 1.64. The molecule has 1 amide bonds. The zero-order valence-corrected chi connectivity index (χ0v) is 19.1. The lowest BCUT2D eigenvalue weighted by Gasteiger charge is -2.13. The Hall–Kier alpha value is -3.19. The van der Waals surface area contributed by atoms with Crippen LogP contribution in [-0.4, -0.2) is 56.0 Å². The maximum atomic E-state index is 12.1. The molecular weight excluding hydrogens is 406 g/mol. The van der Waals surface area contributed by atoms with Gasteiger partial charge in [0.15, 0.2) is 5.96 Å². The number of carbonyl (C=O) groups excluding carboxylic acids is 1. The standard InChI is InChI=1S/C24H29N5OS/c1-25-24(26-14-12-18-8-7-11-20(16-18)23(30)29(2)3)27-15-13-21-17-31-22(28-21)19-9-5-4-6-10-19/h4-11,16-17H,12-15H2,1-3H3,(H2,25,26,27). The fourth-order valence-corrected chi connectivity index (χ4v) is 3.97. The van der Waals surface area contributed by atoms with Crippen molar-refractivity contribution in [3.05, 3.63) is 76.8 Å². The van der Waals surface area contributed by atoms with Crippen LogP contribution in [0.5, 0.6) is 0 Å². The number of carbonyl (C=O) groups is 1. The van der Waals surface area contributed by atoms with Crippen molar-refractivity contribution in [2.75, 3.05) is 34.2 Å². The third kappa shape index (κ3) is 6.65. The van der Waals surface area contributed by atoms with Crippen LogP contribution in [0.1, 0.15) is 21.6 Å². The molecule has 3 aromatic rings. The van der Waals surface area contributed by atoms with Crippen LogP contribution in [-0.2, 0) is 12.8 Å². The highest BCUT2D eigenvalue weighted by Crippen LogP contribution is 2.23. The topological polar surface area (TPSA) is 69.6 Å². The van der Waals surface area contributed by atoms with E-state index in [0.29, 0.717) is 5.56 Å². The van der Waals surface area contributed by atoms with E-state index in [1.807, 2.05) is 42.5 Å². The lowest BCUT2D eigenvalue weighted by atomic mass is 10.1. The van der Waals surface area contributed by atoms with Gasteiger partial charge in [0.05, 0.1) is 5.69 Å². The molecule has 0 saturated heterocycles. The second-order valence-corrected chi connectivity index (χ2v) is 8.19. The van der Waals surface area contributed by atoms with Gasteiger partial charge in [0, 0.05) is 57.2 Å². The van der Waals surface area contributed by atoms with Crippen molar-refractivity contribution >= 4 is 23.2 Å². The summed E-state index contributed by atoms with van der Waals surface area (Å²) in [4.78, 5) is 22.7. The summed E-state index contributed by atoms with van der Waals surface area (Å²) >= 11 is 1.67. The molecule has 0 bridgehead atoms. The van der Waals surface area contributed by atoms with Gasteiger partial charge in [-0.3, -0.25) is 9.79 Å². The number of guanidine groups is 1. The molecule has 31 heavy (non-hydrogen) atoms. The number of rotatable bonds is 8. The molecule has 3 rings (SSSR count). The number of hydrogen-bond donors (Lipinski definition) is 2. The summed E-state index contributed by atoms with van der Waals surface area (Å²) in [7, 11) is 5.29. The van der Waals surface area contributed by atoms with Crippen molar-refractivity contribution in [2.45, 2.75) is 12.8 Å². The lowest BCUT2D eigenvalue weighted by molar-refractivity contribution is 0.0827. The first-order valence-electron chi connectivity index (χ1n) is 10.3. The molecule has 0 radical (unpaired) electrons. The maximum Gasteiger partial charge on any atom is 0.253 e. The minimum Gasteiger partial charge on any atom is -0.356 e. The van der Waals surface area contributed by atoms with Crippen molar-refractivity contribution < 1.29 is 4.79 Å². The van der Waals surface area contributed by atoms with Crippen LogP contribution in [0, 0.1) is 0 Å². The first-order chi connectivity index (χ1) is 15.1. The molecule has 162 valence electrons. The number of nitrogens with zero attached hydrogens (tertiary/aromatic N) is 3. The van der Waals surface area contributed by atoms with Crippen LogP contribution < -0.4 is 10.6 Å². The van der Waals surface area contributed by atoms with Gasteiger partial charge in [0.1, 0.15) is 5.01 Å². The van der Waals surface area contributed by atoms with Crippen molar-refractivity contribution in [1.29, 1.82) is 0 Å². The third-order valence-electron chi connectivity index (χ3n) is 4.76. The van der Waals surface area contributed by atoms with E-state index in [1.165, 1.54) is 0 Å². The number of thiazole rings is 1. The molecule has 1 heterocycles. The number of amides is 1. The summed E-state index contributed by atoms with van der Waals surface area (Å²) in [5, 5.41) is 9.84. The Bertz CT molecular complexity index is 1010. The van der Waals surface area contributed by atoms with Gasteiger partial charge < -0.3 is 15.5 Å². The van der Waals surface area contributed by atoms with E-state index in [4.69, 9.17) is 4.98 Å². The zero-order chi connectivity index (χ0) is 22.1. The van der Waals surface area contributed by atoms with Crippen LogP contribution in [0.2, 0.25) is 0 Å². The average Bonchev–Trinajstić information content (AvgIpc) is 3.27. The van der Waals surface area contributed by atoms with Gasteiger partial charge in [-0.25, -0.2) is 4.98 Å². The quantitative estimate of drug-likeness (QED) is 0.420. The van der Waals surface area contributed by atoms with Gasteiger partial charge in [-0.15, -0.1) is 11.3 Å². The molecule has 7 heteroatoms. The number of aromatic nitrogens is 1. The Labute approximate surface area is 188 Å². The van der Waals surface area contributed by atoms with Gasteiger partial charge in [-0.1, -0.05) is 42.5 Å². The van der Waals surface area contributed by atoms with E-state index >= 15 is 0 Å². The molecule has 0 unspecified atom stereocenters. The normalized spacial score (nSPS) is 11.3. The Morgan fingerprint density at radius 1 is 1.03 bits per heavy atom. The predicted octanol–water partition coefficient (Wildman–Crippen LogP) is 3.46. The Morgan fingerprint density at radius 2 is 1.77 bits per heavy atom. The molecule has 0 aliphatic carbocycles. The van der Waals surface area contributed by atoms with Crippen LogP contribution in [0.15, 0.2) is 65.0 Å².